The Morgan fingerprint density at radius 2 is 2.18 bits per heavy atom. The van der Waals surface area contributed by atoms with Crippen molar-refractivity contribution < 1.29 is 9.53 Å². The highest BCUT2D eigenvalue weighted by Gasteiger charge is 2.05. The number of fused-ring (bicyclic) bond motifs is 1. The largest absolute Gasteiger partial charge is 0.480 e. The molecule has 5 heteroatoms. The minimum Gasteiger partial charge on any atom is -0.480 e. The molecule has 0 unspecified atom stereocenters. The molecule has 5 nitrogen and oxygen atoms in total. The van der Waals surface area contributed by atoms with Crippen LogP contribution in [0.3, 0.4) is 0 Å². The summed E-state index contributed by atoms with van der Waals surface area (Å²) in [5.74, 6) is -0.0182. The van der Waals surface area contributed by atoms with Gasteiger partial charge in [0.05, 0.1) is 0 Å². The van der Waals surface area contributed by atoms with E-state index in [1.807, 2.05) is 0 Å². The van der Waals surface area contributed by atoms with Gasteiger partial charge in [-0.2, -0.15) is 0 Å². The number of nitrogens with two attached hydrogens (primary N) is 1. The lowest BCUT2D eigenvalue weighted by Crippen LogP contribution is -2.15. The van der Waals surface area contributed by atoms with Crippen LogP contribution in [0.1, 0.15) is 6.92 Å². The fourth-order valence-electron chi connectivity index (χ4n) is 1.49. The van der Waals surface area contributed by atoms with Crippen molar-refractivity contribution in [3.05, 3.63) is 34.6 Å². The second-order valence-electron chi connectivity index (χ2n) is 3.80. The lowest BCUT2D eigenvalue weighted by molar-refractivity contribution is -0.118. The van der Waals surface area contributed by atoms with Gasteiger partial charge in [0.25, 0.3) is 5.56 Å². The average Bonchev–Trinajstić information content (AvgIpc) is 2.26. The summed E-state index contributed by atoms with van der Waals surface area (Å²) in [6.45, 7) is 1.28. The molecule has 3 N–H and O–H groups in total. The summed E-state index contributed by atoms with van der Waals surface area (Å²) >= 11 is 0. The van der Waals surface area contributed by atoms with Gasteiger partial charge in [0, 0.05) is 16.6 Å². The number of ketones is 1. The van der Waals surface area contributed by atoms with E-state index < -0.39 is 0 Å². The highest BCUT2D eigenvalue weighted by atomic mass is 16.5. The first-order chi connectivity index (χ1) is 8.06. The smallest absolute Gasteiger partial charge is 0.290 e. The van der Waals surface area contributed by atoms with E-state index in [9.17, 15) is 9.59 Å². The van der Waals surface area contributed by atoms with Gasteiger partial charge in [-0.15, -0.1) is 0 Å². The molecule has 0 radical (unpaired) electrons. The highest BCUT2D eigenvalue weighted by molar-refractivity contribution is 5.83. The Hall–Kier alpha value is -2.30. The van der Waals surface area contributed by atoms with E-state index >= 15 is 0 Å². The summed E-state index contributed by atoms with van der Waals surface area (Å²) in [5, 5.41) is 0.767. The van der Waals surface area contributed by atoms with E-state index in [1.165, 1.54) is 6.92 Å². The van der Waals surface area contributed by atoms with Crippen LogP contribution in [0, 0.1) is 0 Å². The van der Waals surface area contributed by atoms with Crippen molar-refractivity contribution in [2.75, 3.05) is 12.3 Å². The van der Waals surface area contributed by atoms with Crippen LogP contribution in [-0.4, -0.2) is 17.4 Å². The second kappa shape index (κ2) is 4.29. The standard InChI is InChI=1S/C12H12N2O3/c1-7(15)6-17-11-5-8-4-9(13)2-3-10(8)14-12(11)16/h2-5H,6,13H2,1H3,(H,14,16). The third-order valence-corrected chi connectivity index (χ3v) is 2.27. The van der Waals surface area contributed by atoms with Gasteiger partial charge in [-0.3, -0.25) is 9.59 Å². The topological polar surface area (TPSA) is 85.2 Å². The molecule has 17 heavy (non-hydrogen) atoms. The van der Waals surface area contributed by atoms with Crippen LogP contribution in [0.4, 0.5) is 5.69 Å². The first-order valence-electron chi connectivity index (χ1n) is 5.11. The molecule has 2 aromatic rings. The number of Topliss-reactive ketones (excluding diaryl/α,β-unsaturated/α-hetero) is 1. The summed E-state index contributed by atoms with van der Waals surface area (Å²) in [7, 11) is 0. The van der Waals surface area contributed by atoms with E-state index in [1.54, 1.807) is 24.3 Å². The van der Waals surface area contributed by atoms with E-state index in [0.29, 0.717) is 11.2 Å². The van der Waals surface area contributed by atoms with Crippen molar-refractivity contribution in [1.29, 1.82) is 0 Å². The molecule has 0 saturated heterocycles. The molecule has 0 saturated carbocycles. The number of nitrogen functional groups attached to an aromatic ring is 1. The number of hydrogen-bond acceptors (Lipinski definition) is 4. The number of carbonyl (C=O) groups is 1. The van der Waals surface area contributed by atoms with E-state index in [2.05, 4.69) is 4.98 Å². The number of aromatic nitrogens is 1. The van der Waals surface area contributed by atoms with Crippen molar-refractivity contribution in [3.8, 4) is 5.75 Å². The van der Waals surface area contributed by atoms with Gasteiger partial charge in [-0.25, -0.2) is 0 Å². The Balaban J connectivity index is 2.46. The van der Waals surface area contributed by atoms with Crippen molar-refractivity contribution in [2.45, 2.75) is 6.92 Å². The third-order valence-electron chi connectivity index (χ3n) is 2.27. The van der Waals surface area contributed by atoms with E-state index in [4.69, 9.17) is 10.5 Å². The zero-order chi connectivity index (χ0) is 12.4. The van der Waals surface area contributed by atoms with Gasteiger partial charge in [0.2, 0.25) is 0 Å². The predicted molar refractivity (Wildman–Crippen MR) is 65.2 cm³/mol. The number of benzene rings is 1. The zero-order valence-electron chi connectivity index (χ0n) is 9.32. The lowest BCUT2D eigenvalue weighted by atomic mass is 10.2. The number of rotatable bonds is 3. The maximum atomic E-state index is 11.6. The highest BCUT2D eigenvalue weighted by Crippen LogP contribution is 2.17. The maximum absolute atomic E-state index is 11.6. The number of ether oxygens (including phenoxy) is 1. The Labute approximate surface area is 97.2 Å². The SMILES string of the molecule is CC(=O)COc1cc2cc(N)ccc2[nH]c1=O. The molecule has 2 rings (SSSR count). The fraction of sp³-hybridized carbons (Fsp3) is 0.167. The number of H-pyrrole nitrogens is 1. The minimum atomic E-state index is -0.358. The third kappa shape index (κ3) is 2.44. The molecule has 0 aliphatic carbocycles. The summed E-state index contributed by atoms with van der Waals surface area (Å²) in [6, 6.07) is 6.73. The predicted octanol–water partition coefficient (Wildman–Crippen LogP) is 1.08. The van der Waals surface area contributed by atoms with Gasteiger partial charge >= 0.3 is 0 Å². The monoisotopic (exact) mass is 232 g/mol. The van der Waals surface area contributed by atoms with Crippen molar-refractivity contribution in [3.63, 3.8) is 0 Å². The van der Waals surface area contributed by atoms with E-state index in [0.717, 1.165) is 5.39 Å². The van der Waals surface area contributed by atoms with Crippen LogP contribution in [0.25, 0.3) is 10.9 Å². The molecule has 0 aliphatic heterocycles. The summed E-state index contributed by atoms with van der Waals surface area (Å²) in [4.78, 5) is 25.1. The quantitative estimate of drug-likeness (QED) is 0.775. The molecule has 1 aromatic heterocycles. The maximum Gasteiger partial charge on any atom is 0.290 e. The second-order valence-corrected chi connectivity index (χ2v) is 3.80. The first kappa shape index (κ1) is 11.2. The van der Waals surface area contributed by atoms with Gasteiger partial charge in [-0.1, -0.05) is 0 Å². The number of carbonyl (C=O) groups excluding carboxylic acids is 1. The van der Waals surface area contributed by atoms with Crippen LogP contribution in [0.2, 0.25) is 0 Å². The molecule has 88 valence electrons. The van der Waals surface area contributed by atoms with Gasteiger partial charge in [0.1, 0.15) is 6.61 Å². The number of hydrogen-bond donors (Lipinski definition) is 2. The van der Waals surface area contributed by atoms with E-state index in [-0.39, 0.29) is 23.7 Å². The summed E-state index contributed by atoms with van der Waals surface area (Å²) in [5.41, 5.74) is 6.57. The Kier molecular flexibility index (Phi) is 2.82. The molecule has 0 fully saturated rings. The first-order valence-corrected chi connectivity index (χ1v) is 5.11. The Bertz CT molecular complexity index is 631. The van der Waals surface area contributed by atoms with Crippen LogP contribution >= 0.6 is 0 Å². The molecule has 1 aromatic carbocycles. The Morgan fingerprint density at radius 3 is 2.88 bits per heavy atom. The normalized spacial score (nSPS) is 10.4. The van der Waals surface area contributed by atoms with Crippen LogP contribution < -0.4 is 16.0 Å². The van der Waals surface area contributed by atoms with Crippen molar-refractivity contribution in [1.82, 2.24) is 4.98 Å². The van der Waals surface area contributed by atoms with Crippen molar-refractivity contribution >= 4 is 22.4 Å². The summed E-state index contributed by atoms with van der Waals surface area (Å²) in [6.07, 6.45) is 0. The molecule has 0 amide bonds. The number of aromatic amines is 1. The van der Waals surface area contributed by atoms with Crippen LogP contribution in [0.5, 0.6) is 5.75 Å². The van der Waals surface area contributed by atoms with Crippen molar-refractivity contribution in [2.24, 2.45) is 0 Å². The number of pyridine rings is 1. The molecule has 0 bridgehead atoms. The average molecular weight is 232 g/mol. The molecule has 0 aliphatic rings. The van der Waals surface area contributed by atoms with Gasteiger partial charge in [-0.05, 0) is 31.2 Å². The summed E-state index contributed by atoms with van der Waals surface area (Å²) < 4.78 is 5.11. The minimum absolute atomic E-state index is 0.114. The molecular formula is C12H12N2O3. The van der Waals surface area contributed by atoms with Gasteiger partial charge in [0.15, 0.2) is 11.5 Å². The van der Waals surface area contributed by atoms with Crippen LogP contribution in [0.15, 0.2) is 29.1 Å². The van der Waals surface area contributed by atoms with Crippen LogP contribution in [-0.2, 0) is 4.79 Å². The molecule has 0 spiro atoms. The zero-order valence-corrected chi connectivity index (χ0v) is 9.32. The van der Waals surface area contributed by atoms with Gasteiger partial charge < -0.3 is 15.5 Å². The molecular weight excluding hydrogens is 220 g/mol. The number of nitrogens with one attached hydrogen (secondary N) is 1. The molecule has 0 atom stereocenters. The Morgan fingerprint density at radius 1 is 1.41 bits per heavy atom. The molecule has 1 heterocycles. The number of anilines is 1. The lowest BCUT2D eigenvalue weighted by Gasteiger charge is -2.05. The fourth-order valence-corrected chi connectivity index (χ4v) is 1.49.